The Kier molecular flexibility index (Phi) is 8.77. The first-order valence-corrected chi connectivity index (χ1v) is 13.8. The molecule has 209 valence electrons. The summed E-state index contributed by atoms with van der Waals surface area (Å²) in [5.41, 5.74) is 13.8. The number of pyridine rings is 3. The maximum Gasteiger partial charge on any atom is 0.0528 e. The summed E-state index contributed by atoms with van der Waals surface area (Å²) in [6.07, 6.45) is 6.05. The van der Waals surface area contributed by atoms with Crippen LogP contribution in [0.2, 0.25) is 0 Å². The second-order valence-electron chi connectivity index (χ2n) is 10.5. The molecular weight excluding hydrogens is 691 g/mol. The summed E-state index contributed by atoms with van der Waals surface area (Å²) in [4.78, 5) is 8.97. The number of fused-ring (bicyclic) bond motifs is 3. The first-order valence-electron chi connectivity index (χ1n) is 13.8. The van der Waals surface area contributed by atoms with Gasteiger partial charge in [0.1, 0.15) is 0 Å². The van der Waals surface area contributed by atoms with Crippen LogP contribution in [0.1, 0.15) is 22.3 Å². The van der Waals surface area contributed by atoms with Gasteiger partial charge in [-0.1, -0.05) is 53.1 Å². The Hall–Kier alpha value is -4.37. The van der Waals surface area contributed by atoms with E-state index in [0.29, 0.717) is 0 Å². The second kappa shape index (κ2) is 12.6. The molecule has 0 spiro atoms. The monoisotopic (exact) mass is 722 g/mol. The van der Waals surface area contributed by atoms with Crippen molar-refractivity contribution in [2.24, 2.45) is 0 Å². The third kappa shape index (κ3) is 6.11. The number of aryl methyl sites for hydroxylation is 4. The fourth-order valence-corrected chi connectivity index (χ4v) is 4.89. The summed E-state index contributed by atoms with van der Waals surface area (Å²) >= 11 is 0. The zero-order valence-corrected chi connectivity index (χ0v) is 26.5. The Labute approximate surface area is 261 Å². The topological polar surface area (TPSA) is 30.2 Å². The minimum atomic E-state index is 0. The van der Waals surface area contributed by atoms with Crippen LogP contribution in [0.25, 0.3) is 50.1 Å². The molecule has 0 atom stereocenters. The minimum absolute atomic E-state index is 0. The zero-order chi connectivity index (χ0) is 28.3. The summed E-state index contributed by atoms with van der Waals surface area (Å²) in [6, 6.07) is 40.0. The van der Waals surface area contributed by atoms with Crippen LogP contribution in [0.4, 0.5) is 0 Å². The minimum Gasteiger partial charge on any atom is -0.316 e. The molecule has 4 aromatic heterocycles. The number of nitrogens with zero attached hydrogens (tertiary/aromatic N) is 3. The smallest absolute Gasteiger partial charge is 0.0528 e. The van der Waals surface area contributed by atoms with Crippen LogP contribution in [0, 0.1) is 39.8 Å². The SMILES string of the molecule is Cc1cnc(-c2[c-]ccc(-c3ccc4cc5ccccc5n4c3)c2)cc1C.Cc1cnc(-c2[c-]cccc2)cc1C.[Ir]. The van der Waals surface area contributed by atoms with Gasteiger partial charge in [0.05, 0.1) is 5.52 Å². The molecule has 0 N–H and O–H groups in total. The number of aromatic nitrogens is 3. The van der Waals surface area contributed by atoms with Crippen LogP contribution in [0.15, 0.2) is 116 Å². The van der Waals surface area contributed by atoms with Crippen LogP contribution < -0.4 is 0 Å². The number of hydrogen-bond acceptors (Lipinski definition) is 2. The number of hydrogen-bond donors (Lipinski definition) is 0. The Bertz CT molecular complexity index is 1990. The Morgan fingerprint density at radius 1 is 0.571 bits per heavy atom. The summed E-state index contributed by atoms with van der Waals surface area (Å²) in [6.45, 7) is 8.38. The molecule has 7 aromatic rings. The molecule has 0 saturated carbocycles. The summed E-state index contributed by atoms with van der Waals surface area (Å²) in [5.74, 6) is 0. The van der Waals surface area contributed by atoms with Gasteiger partial charge in [0.15, 0.2) is 0 Å². The van der Waals surface area contributed by atoms with Gasteiger partial charge in [-0.2, -0.15) is 0 Å². The van der Waals surface area contributed by atoms with E-state index in [4.69, 9.17) is 0 Å². The third-order valence-corrected chi connectivity index (χ3v) is 7.62. The summed E-state index contributed by atoms with van der Waals surface area (Å²) in [7, 11) is 0. The predicted octanol–water partition coefficient (Wildman–Crippen LogP) is 9.40. The van der Waals surface area contributed by atoms with Gasteiger partial charge in [0.25, 0.3) is 0 Å². The Balaban J connectivity index is 0.000000200. The van der Waals surface area contributed by atoms with Crippen molar-refractivity contribution in [1.29, 1.82) is 0 Å². The maximum absolute atomic E-state index is 4.59. The van der Waals surface area contributed by atoms with Gasteiger partial charge >= 0.3 is 0 Å². The van der Waals surface area contributed by atoms with Crippen LogP contribution in [-0.2, 0) is 20.1 Å². The van der Waals surface area contributed by atoms with Crippen molar-refractivity contribution in [3.63, 3.8) is 0 Å². The molecule has 0 aliphatic rings. The van der Waals surface area contributed by atoms with Crippen LogP contribution in [0.5, 0.6) is 0 Å². The molecule has 0 bridgehead atoms. The van der Waals surface area contributed by atoms with E-state index in [2.05, 4.69) is 127 Å². The van der Waals surface area contributed by atoms with E-state index in [1.165, 1.54) is 49.8 Å². The van der Waals surface area contributed by atoms with E-state index in [0.717, 1.165) is 22.5 Å². The number of benzene rings is 3. The fraction of sp³-hybridized carbons (Fsp3) is 0.105. The average Bonchev–Trinajstić information content (AvgIpc) is 3.39. The molecule has 0 aliphatic heterocycles. The van der Waals surface area contributed by atoms with Crippen molar-refractivity contribution in [3.8, 4) is 33.6 Å². The maximum atomic E-state index is 4.59. The molecule has 0 unspecified atom stereocenters. The zero-order valence-electron chi connectivity index (χ0n) is 24.1. The van der Waals surface area contributed by atoms with Crippen molar-refractivity contribution in [2.75, 3.05) is 0 Å². The van der Waals surface area contributed by atoms with Crippen molar-refractivity contribution in [2.45, 2.75) is 27.7 Å². The standard InChI is InChI=1S/C25H19N2.C13H12N.Ir/c1-17-12-24(26-15-18(17)2)20-8-5-7-19(13-20)22-10-11-23-14-21-6-3-4-9-25(21)27(23)16-22;1-10-8-13(14-9-11(10)2)12-6-4-3-5-7-12;/h3-7,9-16H,1-2H3;3-6,8-9H,1-2H3;/q2*-1;. The molecule has 0 fully saturated rings. The predicted molar refractivity (Wildman–Crippen MR) is 170 cm³/mol. The molecule has 3 aromatic carbocycles. The van der Waals surface area contributed by atoms with Crippen molar-refractivity contribution >= 4 is 16.4 Å². The van der Waals surface area contributed by atoms with E-state index in [1.54, 1.807) is 0 Å². The fourth-order valence-electron chi connectivity index (χ4n) is 4.89. The second-order valence-corrected chi connectivity index (χ2v) is 10.5. The van der Waals surface area contributed by atoms with E-state index >= 15 is 0 Å². The molecule has 4 heterocycles. The normalized spacial score (nSPS) is 10.7. The quantitative estimate of drug-likeness (QED) is 0.170. The van der Waals surface area contributed by atoms with Crippen LogP contribution in [-0.4, -0.2) is 14.4 Å². The van der Waals surface area contributed by atoms with E-state index in [1.807, 2.05) is 42.7 Å². The van der Waals surface area contributed by atoms with E-state index in [9.17, 15) is 0 Å². The average molecular weight is 722 g/mol. The molecule has 0 saturated heterocycles. The van der Waals surface area contributed by atoms with Crippen LogP contribution in [0.3, 0.4) is 0 Å². The number of rotatable bonds is 3. The van der Waals surface area contributed by atoms with E-state index in [-0.39, 0.29) is 20.1 Å². The van der Waals surface area contributed by atoms with Gasteiger partial charge in [-0.15, -0.1) is 65.7 Å². The van der Waals surface area contributed by atoms with Crippen molar-refractivity contribution < 1.29 is 20.1 Å². The number of para-hydroxylation sites is 1. The summed E-state index contributed by atoms with van der Waals surface area (Å²) < 4.78 is 2.26. The largest absolute Gasteiger partial charge is 0.316 e. The van der Waals surface area contributed by atoms with Gasteiger partial charge in [0.2, 0.25) is 0 Å². The third-order valence-electron chi connectivity index (χ3n) is 7.62. The molecule has 3 nitrogen and oxygen atoms in total. The first kappa shape index (κ1) is 29.1. The molecule has 7 rings (SSSR count). The molecule has 0 aliphatic carbocycles. The molecular formula is C38H31IrN3-2. The molecule has 0 amide bonds. The van der Waals surface area contributed by atoms with E-state index < -0.39 is 0 Å². The van der Waals surface area contributed by atoms with Gasteiger partial charge < -0.3 is 14.4 Å². The van der Waals surface area contributed by atoms with Crippen LogP contribution >= 0.6 is 0 Å². The van der Waals surface area contributed by atoms with Crippen molar-refractivity contribution in [3.05, 3.63) is 150 Å². The first-order chi connectivity index (χ1) is 20.0. The Morgan fingerprint density at radius 2 is 1.24 bits per heavy atom. The molecule has 1 radical (unpaired) electrons. The molecule has 42 heavy (non-hydrogen) atoms. The molecule has 4 heteroatoms. The summed E-state index contributed by atoms with van der Waals surface area (Å²) in [5, 5.41) is 1.26. The van der Waals surface area contributed by atoms with Gasteiger partial charge in [-0.3, -0.25) is 0 Å². The Morgan fingerprint density at radius 3 is 1.93 bits per heavy atom. The van der Waals surface area contributed by atoms with Gasteiger partial charge in [0, 0.05) is 49.6 Å². The van der Waals surface area contributed by atoms with Gasteiger partial charge in [-0.05, 0) is 74.0 Å². The van der Waals surface area contributed by atoms with Crippen molar-refractivity contribution in [1.82, 2.24) is 14.4 Å². The van der Waals surface area contributed by atoms with Gasteiger partial charge in [-0.25, -0.2) is 0 Å².